The van der Waals surface area contributed by atoms with Crippen LogP contribution in [0.2, 0.25) is 10.0 Å². The molecule has 0 radical (unpaired) electrons. The maximum atomic E-state index is 13.6. The molecule has 1 aliphatic heterocycles. The molecule has 3 N–H and O–H groups in total. The Morgan fingerprint density at radius 2 is 1.84 bits per heavy atom. The van der Waals surface area contributed by atoms with Crippen molar-refractivity contribution >= 4 is 52.7 Å². The van der Waals surface area contributed by atoms with E-state index in [-0.39, 0.29) is 46.5 Å². The molecule has 4 amide bonds. The fourth-order valence-corrected chi connectivity index (χ4v) is 4.22. The first-order valence-corrected chi connectivity index (χ1v) is 12.0. The Balaban J connectivity index is 1.96. The van der Waals surface area contributed by atoms with E-state index < -0.39 is 47.4 Å². The molecule has 0 spiro atoms. The SMILES string of the molecule is C=CCNC(=O)N1CCN(C(=O)c2ccc(Cl)c(Cl)c2)C1C(=O)NC(CC(=O)O)c1cccc([N+](=O)[O-])c1. The van der Waals surface area contributed by atoms with Crippen molar-refractivity contribution in [1.29, 1.82) is 0 Å². The van der Waals surface area contributed by atoms with Crippen LogP contribution in [0.3, 0.4) is 0 Å². The number of benzene rings is 2. The molecular weight excluding hydrogens is 541 g/mol. The third-order valence-electron chi connectivity index (χ3n) is 5.67. The number of urea groups is 1. The summed E-state index contributed by atoms with van der Waals surface area (Å²) < 4.78 is 0. The molecule has 3 rings (SSSR count). The van der Waals surface area contributed by atoms with E-state index >= 15 is 0 Å². The van der Waals surface area contributed by atoms with Crippen LogP contribution >= 0.6 is 23.2 Å². The highest BCUT2D eigenvalue weighted by atomic mass is 35.5. The number of carboxylic acid groups (broad SMARTS) is 1. The number of aliphatic carboxylic acids is 1. The van der Waals surface area contributed by atoms with E-state index in [9.17, 15) is 34.4 Å². The van der Waals surface area contributed by atoms with Gasteiger partial charge in [-0.1, -0.05) is 41.4 Å². The number of nitrogens with one attached hydrogen (secondary N) is 2. The number of nitro benzene ring substituents is 1. The Morgan fingerprint density at radius 1 is 1.13 bits per heavy atom. The van der Waals surface area contributed by atoms with Gasteiger partial charge < -0.3 is 20.6 Å². The van der Waals surface area contributed by atoms with Crippen LogP contribution in [0.4, 0.5) is 10.5 Å². The molecule has 1 heterocycles. The van der Waals surface area contributed by atoms with Crippen LogP contribution in [0.1, 0.15) is 28.4 Å². The summed E-state index contributed by atoms with van der Waals surface area (Å²) in [5.74, 6) is -2.76. The molecule has 12 nitrogen and oxygen atoms in total. The lowest BCUT2D eigenvalue weighted by molar-refractivity contribution is -0.384. The summed E-state index contributed by atoms with van der Waals surface area (Å²) in [5.41, 5.74) is -0.0147. The predicted molar refractivity (Wildman–Crippen MR) is 138 cm³/mol. The molecule has 1 fully saturated rings. The van der Waals surface area contributed by atoms with Crippen molar-refractivity contribution < 1.29 is 29.2 Å². The highest BCUT2D eigenvalue weighted by molar-refractivity contribution is 6.42. The first kappa shape index (κ1) is 28.4. The van der Waals surface area contributed by atoms with Crippen molar-refractivity contribution in [3.63, 3.8) is 0 Å². The molecule has 2 aromatic carbocycles. The van der Waals surface area contributed by atoms with Crippen molar-refractivity contribution in [2.45, 2.75) is 18.6 Å². The van der Waals surface area contributed by atoms with Crippen LogP contribution in [0.25, 0.3) is 0 Å². The number of nitrogens with zero attached hydrogens (tertiary/aromatic N) is 3. The summed E-state index contributed by atoms with van der Waals surface area (Å²) in [6.45, 7) is 3.60. The molecular formula is C24H23Cl2N5O7. The number of non-ortho nitro benzene ring substituents is 1. The van der Waals surface area contributed by atoms with Crippen molar-refractivity contribution in [1.82, 2.24) is 20.4 Å². The number of hydrogen-bond donors (Lipinski definition) is 3. The van der Waals surface area contributed by atoms with Crippen LogP contribution in [-0.4, -0.2) is 69.4 Å². The van der Waals surface area contributed by atoms with E-state index in [0.717, 1.165) is 15.9 Å². The largest absolute Gasteiger partial charge is 0.481 e. The van der Waals surface area contributed by atoms with Gasteiger partial charge in [0.1, 0.15) is 0 Å². The lowest BCUT2D eigenvalue weighted by Crippen LogP contribution is -2.56. The van der Waals surface area contributed by atoms with Gasteiger partial charge >= 0.3 is 12.0 Å². The quantitative estimate of drug-likeness (QED) is 0.239. The molecule has 0 saturated carbocycles. The predicted octanol–water partition coefficient (Wildman–Crippen LogP) is 3.21. The number of hydrogen-bond acceptors (Lipinski definition) is 6. The molecule has 200 valence electrons. The Labute approximate surface area is 226 Å². The number of rotatable bonds is 9. The van der Waals surface area contributed by atoms with Gasteiger partial charge in [0.05, 0.1) is 27.4 Å². The van der Waals surface area contributed by atoms with Gasteiger partial charge in [-0.2, -0.15) is 0 Å². The van der Waals surface area contributed by atoms with Gasteiger partial charge in [-0.15, -0.1) is 6.58 Å². The average Bonchev–Trinajstić information content (AvgIpc) is 3.33. The van der Waals surface area contributed by atoms with E-state index in [2.05, 4.69) is 17.2 Å². The molecule has 38 heavy (non-hydrogen) atoms. The summed E-state index contributed by atoms with van der Waals surface area (Å²) in [7, 11) is 0. The molecule has 14 heteroatoms. The van der Waals surface area contributed by atoms with Crippen LogP contribution < -0.4 is 10.6 Å². The Hall–Kier alpha value is -4.16. The van der Waals surface area contributed by atoms with E-state index in [4.69, 9.17) is 23.2 Å². The maximum absolute atomic E-state index is 13.6. The lowest BCUT2D eigenvalue weighted by atomic mass is 10.0. The number of carbonyl (C=O) groups is 4. The lowest BCUT2D eigenvalue weighted by Gasteiger charge is -2.30. The molecule has 2 atom stereocenters. The zero-order chi connectivity index (χ0) is 28.0. The third kappa shape index (κ3) is 6.58. The van der Waals surface area contributed by atoms with Gasteiger partial charge in [-0.25, -0.2) is 4.79 Å². The number of carbonyl (C=O) groups excluding carboxylic acids is 3. The summed E-state index contributed by atoms with van der Waals surface area (Å²) in [5, 5.41) is 26.1. The molecule has 0 aromatic heterocycles. The normalized spacial score (nSPS) is 15.5. The van der Waals surface area contributed by atoms with Crippen molar-refractivity contribution in [2.24, 2.45) is 0 Å². The van der Waals surface area contributed by atoms with Gasteiger partial charge in [-0.3, -0.25) is 29.4 Å². The van der Waals surface area contributed by atoms with E-state index in [0.29, 0.717) is 0 Å². The minimum atomic E-state index is -1.46. The molecule has 1 aliphatic rings. The highest BCUT2D eigenvalue weighted by Gasteiger charge is 2.43. The second kappa shape index (κ2) is 12.4. The minimum Gasteiger partial charge on any atom is -0.481 e. The summed E-state index contributed by atoms with van der Waals surface area (Å²) >= 11 is 12.0. The Bertz CT molecular complexity index is 1290. The van der Waals surface area contributed by atoms with Crippen LogP contribution in [-0.2, 0) is 9.59 Å². The van der Waals surface area contributed by atoms with Crippen molar-refractivity contribution in [3.05, 3.63) is 86.4 Å². The number of amides is 4. The first-order chi connectivity index (χ1) is 18.0. The fourth-order valence-electron chi connectivity index (χ4n) is 3.92. The van der Waals surface area contributed by atoms with Crippen LogP contribution in [0, 0.1) is 10.1 Å². The minimum absolute atomic E-state index is 0.00543. The van der Waals surface area contributed by atoms with Gasteiger partial charge in [-0.05, 0) is 23.8 Å². The first-order valence-electron chi connectivity index (χ1n) is 11.2. The monoisotopic (exact) mass is 563 g/mol. The number of halogens is 2. The number of nitro groups is 1. The molecule has 1 saturated heterocycles. The topological polar surface area (TPSA) is 162 Å². The van der Waals surface area contributed by atoms with E-state index in [1.807, 2.05) is 0 Å². The van der Waals surface area contributed by atoms with Crippen molar-refractivity contribution in [2.75, 3.05) is 19.6 Å². The average molecular weight is 564 g/mol. The van der Waals surface area contributed by atoms with Crippen LogP contribution in [0.5, 0.6) is 0 Å². The smallest absolute Gasteiger partial charge is 0.319 e. The standard InChI is InChI=1S/C24H23Cl2N5O7/c1-2-8-27-24(36)30-10-9-29(23(35)15-6-7-17(25)18(26)12-15)22(30)21(34)28-19(13-20(32)33)14-4-3-5-16(11-14)31(37)38/h2-7,11-12,19,22H,1,8-10,13H2,(H,27,36)(H,28,34)(H,32,33). The fraction of sp³-hybridized carbons (Fsp3) is 0.250. The third-order valence-corrected chi connectivity index (χ3v) is 6.41. The van der Waals surface area contributed by atoms with E-state index in [1.54, 1.807) is 0 Å². The molecule has 2 unspecified atom stereocenters. The highest BCUT2D eigenvalue weighted by Crippen LogP contribution is 2.27. The van der Waals surface area contributed by atoms with E-state index in [1.165, 1.54) is 42.5 Å². The second-order valence-electron chi connectivity index (χ2n) is 8.18. The Kier molecular flexibility index (Phi) is 9.26. The van der Waals surface area contributed by atoms with Gasteiger partial charge in [0.2, 0.25) is 0 Å². The Morgan fingerprint density at radius 3 is 2.47 bits per heavy atom. The maximum Gasteiger partial charge on any atom is 0.319 e. The van der Waals surface area contributed by atoms with Gasteiger partial charge in [0, 0.05) is 37.3 Å². The molecule has 0 bridgehead atoms. The number of carboxylic acids is 1. The van der Waals surface area contributed by atoms with Crippen molar-refractivity contribution in [3.8, 4) is 0 Å². The summed E-state index contributed by atoms with van der Waals surface area (Å²) in [6, 6.07) is 7.49. The summed E-state index contributed by atoms with van der Waals surface area (Å²) in [6.07, 6.45) is -0.632. The van der Waals surface area contributed by atoms with Gasteiger partial charge in [0.25, 0.3) is 17.5 Å². The molecule has 2 aromatic rings. The molecule has 0 aliphatic carbocycles. The summed E-state index contributed by atoms with van der Waals surface area (Å²) in [4.78, 5) is 64.1. The zero-order valence-electron chi connectivity index (χ0n) is 19.8. The second-order valence-corrected chi connectivity index (χ2v) is 8.99. The zero-order valence-corrected chi connectivity index (χ0v) is 21.3. The van der Waals surface area contributed by atoms with Crippen LogP contribution in [0.15, 0.2) is 55.1 Å². The van der Waals surface area contributed by atoms with Gasteiger partial charge in [0.15, 0.2) is 6.17 Å².